The predicted molar refractivity (Wildman–Crippen MR) is 125 cm³/mol. The minimum Gasteiger partial charge on any atom is -0.496 e. The van der Waals surface area contributed by atoms with Gasteiger partial charge >= 0.3 is 0 Å². The molecular weight excluding hydrogens is 464 g/mol. The monoisotopic (exact) mass is 488 g/mol. The highest BCUT2D eigenvalue weighted by molar-refractivity contribution is 5.91. The molecule has 10 heteroatoms. The summed E-state index contributed by atoms with van der Waals surface area (Å²) in [4.78, 5) is 0. The number of hydrogen-bond donors (Lipinski definition) is 1. The molecule has 4 unspecified atom stereocenters. The lowest BCUT2D eigenvalue weighted by atomic mass is 9.52. The number of nitriles is 3. The second kappa shape index (κ2) is 8.64. The fraction of sp³-hybridized carbons (Fsp3) is 0.385. The molecule has 0 aliphatic carbocycles. The number of para-hydroxylation sites is 1. The van der Waals surface area contributed by atoms with E-state index in [1.165, 1.54) is 28.4 Å². The molecule has 2 saturated heterocycles. The Morgan fingerprint density at radius 3 is 1.94 bits per heavy atom. The highest BCUT2D eigenvalue weighted by atomic mass is 16.7. The quantitative estimate of drug-likeness (QED) is 0.639. The van der Waals surface area contributed by atoms with Crippen LogP contribution in [0, 0.1) is 50.2 Å². The Morgan fingerprint density at radius 2 is 1.44 bits per heavy atom. The first-order valence-electron chi connectivity index (χ1n) is 10.9. The summed E-state index contributed by atoms with van der Waals surface area (Å²) in [5.74, 6) is -1.90. The van der Waals surface area contributed by atoms with Gasteiger partial charge in [0.1, 0.15) is 11.9 Å². The van der Waals surface area contributed by atoms with Gasteiger partial charge in [0.15, 0.2) is 16.9 Å². The van der Waals surface area contributed by atoms with Gasteiger partial charge in [0.25, 0.3) is 0 Å². The minimum absolute atomic E-state index is 0.270. The normalized spacial score (nSPS) is 27.6. The third kappa shape index (κ3) is 2.94. The van der Waals surface area contributed by atoms with E-state index in [1.54, 1.807) is 43.3 Å². The standard InChI is InChI=1S/C26H24N4O6/c1-24-21(16-8-6-7-9-17(16)31-2)26(14-29,23(30)36-24)25(12-27,13-28)22(35-24)15-10-18(32-3)20(34-5)19(11-15)33-4/h6-11,21-22,30H,1-5H3. The molecule has 4 rings (SSSR count). The van der Waals surface area contributed by atoms with Gasteiger partial charge in [-0.25, -0.2) is 0 Å². The van der Waals surface area contributed by atoms with Crippen molar-refractivity contribution in [3.8, 4) is 41.2 Å². The summed E-state index contributed by atoms with van der Waals surface area (Å²) < 4.78 is 34.1. The van der Waals surface area contributed by atoms with Crippen molar-refractivity contribution in [1.82, 2.24) is 0 Å². The van der Waals surface area contributed by atoms with Crippen LogP contribution in [-0.4, -0.2) is 40.1 Å². The molecule has 2 aliphatic heterocycles. The van der Waals surface area contributed by atoms with Crippen molar-refractivity contribution in [3.63, 3.8) is 0 Å². The van der Waals surface area contributed by atoms with Gasteiger partial charge in [-0.3, -0.25) is 5.41 Å². The first-order valence-corrected chi connectivity index (χ1v) is 10.9. The van der Waals surface area contributed by atoms with Gasteiger partial charge < -0.3 is 28.4 Å². The Labute approximate surface area is 208 Å². The number of nitrogens with zero attached hydrogens (tertiary/aromatic N) is 3. The van der Waals surface area contributed by atoms with E-state index in [0.29, 0.717) is 22.6 Å². The van der Waals surface area contributed by atoms with Crippen molar-refractivity contribution in [2.24, 2.45) is 10.8 Å². The molecule has 2 fully saturated rings. The average Bonchev–Trinajstić information content (AvgIpc) is 3.09. The van der Waals surface area contributed by atoms with Crippen LogP contribution in [0.1, 0.15) is 30.1 Å². The first kappa shape index (κ1) is 24.7. The van der Waals surface area contributed by atoms with E-state index >= 15 is 0 Å². The zero-order valence-electron chi connectivity index (χ0n) is 20.4. The largest absolute Gasteiger partial charge is 0.496 e. The fourth-order valence-electron chi connectivity index (χ4n) is 5.41. The average molecular weight is 489 g/mol. The van der Waals surface area contributed by atoms with Crippen LogP contribution in [0.15, 0.2) is 36.4 Å². The van der Waals surface area contributed by atoms with Crippen LogP contribution in [0.3, 0.4) is 0 Å². The second-order valence-corrected chi connectivity index (χ2v) is 8.53. The Bertz CT molecular complexity index is 1320. The van der Waals surface area contributed by atoms with Crippen LogP contribution < -0.4 is 18.9 Å². The number of hydrogen-bond acceptors (Lipinski definition) is 10. The van der Waals surface area contributed by atoms with E-state index in [-0.39, 0.29) is 11.5 Å². The minimum atomic E-state index is -2.20. The third-order valence-electron chi connectivity index (χ3n) is 6.96. The molecule has 4 atom stereocenters. The zero-order valence-corrected chi connectivity index (χ0v) is 20.4. The topological polar surface area (TPSA) is 151 Å². The van der Waals surface area contributed by atoms with Crippen molar-refractivity contribution < 1.29 is 28.4 Å². The Morgan fingerprint density at radius 1 is 0.861 bits per heavy atom. The molecule has 2 aromatic carbocycles. The maximum Gasteiger partial charge on any atom is 0.219 e. The van der Waals surface area contributed by atoms with Crippen LogP contribution in [0.2, 0.25) is 0 Å². The molecule has 0 radical (unpaired) electrons. The molecule has 2 aromatic rings. The van der Waals surface area contributed by atoms with Crippen LogP contribution in [0.25, 0.3) is 0 Å². The Kier molecular flexibility index (Phi) is 5.92. The summed E-state index contributed by atoms with van der Waals surface area (Å²) in [6.07, 6.45) is -1.32. The maximum atomic E-state index is 10.7. The molecule has 0 saturated carbocycles. The maximum absolute atomic E-state index is 10.7. The number of benzene rings is 2. The highest BCUT2D eigenvalue weighted by Crippen LogP contribution is 2.70. The summed E-state index contributed by atoms with van der Waals surface area (Å²) in [6.45, 7) is 1.58. The summed E-state index contributed by atoms with van der Waals surface area (Å²) in [7, 11) is 5.79. The molecule has 2 bridgehead atoms. The van der Waals surface area contributed by atoms with E-state index < -0.39 is 34.5 Å². The molecule has 184 valence electrons. The lowest BCUT2D eigenvalue weighted by molar-refractivity contribution is -0.253. The van der Waals surface area contributed by atoms with Gasteiger partial charge in [-0.2, -0.15) is 15.8 Å². The Balaban J connectivity index is 2.05. The zero-order chi connectivity index (χ0) is 26.3. The summed E-state index contributed by atoms with van der Waals surface area (Å²) >= 11 is 0. The molecular formula is C26H24N4O6. The Hall–Kier alpha value is -4.46. The van der Waals surface area contributed by atoms with E-state index in [1.807, 2.05) is 12.1 Å². The summed E-state index contributed by atoms with van der Waals surface area (Å²) in [5, 5.41) is 40.5. The predicted octanol–water partition coefficient (Wildman–Crippen LogP) is 3.84. The molecule has 0 aromatic heterocycles. The summed E-state index contributed by atoms with van der Waals surface area (Å²) in [5.41, 5.74) is -3.45. The first-order chi connectivity index (χ1) is 17.3. The van der Waals surface area contributed by atoms with Crippen molar-refractivity contribution in [2.75, 3.05) is 28.4 Å². The van der Waals surface area contributed by atoms with Crippen molar-refractivity contribution in [2.45, 2.75) is 24.7 Å². The molecule has 36 heavy (non-hydrogen) atoms. The van der Waals surface area contributed by atoms with Gasteiger partial charge in [-0.05, 0) is 23.8 Å². The number of fused-ring (bicyclic) bond motifs is 2. The van der Waals surface area contributed by atoms with Gasteiger partial charge in [-0.15, -0.1) is 0 Å². The van der Waals surface area contributed by atoms with Crippen LogP contribution in [0.5, 0.6) is 23.0 Å². The molecule has 2 aliphatic rings. The fourth-order valence-corrected chi connectivity index (χ4v) is 5.41. The van der Waals surface area contributed by atoms with Gasteiger partial charge in [-0.1, -0.05) is 18.2 Å². The third-order valence-corrected chi connectivity index (χ3v) is 6.96. The second-order valence-electron chi connectivity index (χ2n) is 8.53. The molecule has 2 heterocycles. The number of rotatable bonds is 6. The summed E-state index contributed by atoms with van der Waals surface area (Å²) in [6, 6.07) is 16.2. The molecule has 1 N–H and O–H groups in total. The van der Waals surface area contributed by atoms with E-state index in [4.69, 9.17) is 33.8 Å². The molecule has 0 spiro atoms. The van der Waals surface area contributed by atoms with Crippen molar-refractivity contribution in [1.29, 1.82) is 21.2 Å². The van der Waals surface area contributed by atoms with Crippen LogP contribution >= 0.6 is 0 Å². The van der Waals surface area contributed by atoms with Gasteiger partial charge in [0, 0.05) is 12.5 Å². The number of methoxy groups -OCH3 is 4. The SMILES string of the molecule is COc1ccccc1C1C2(C)OC(=N)C1(C#N)C(C#N)(C#N)C(c1cc(OC)c(OC)c(OC)c1)O2. The van der Waals surface area contributed by atoms with E-state index in [9.17, 15) is 15.8 Å². The van der Waals surface area contributed by atoms with Gasteiger partial charge in [0.05, 0.1) is 52.6 Å². The van der Waals surface area contributed by atoms with E-state index in [2.05, 4.69) is 6.07 Å². The van der Waals surface area contributed by atoms with Crippen LogP contribution in [-0.2, 0) is 9.47 Å². The lowest BCUT2D eigenvalue weighted by Gasteiger charge is -2.49. The van der Waals surface area contributed by atoms with Crippen molar-refractivity contribution >= 4 is 5.90 Å². The highest BCUT2D eigenvalue weighted by Gasteiger charge is 2.80. The number of nitrogens with one attached hydrogen (secondary N) is 1. The molecule has 10 nitrogen and oxygen atoms in total. The van der Waals surface area contributed by atoms with E-state index in [0.717, 1.165) is 0 Å². The molecule has 0 amide bonds. The number of ether oxygens (including phenoxy) is 6. The van der Waals surface area contributed by atoms with Crippen LogP contribution in [0.4, 0.5) is 0 Å². The lowest BCUT2D eigenvalue weighted by Crippen LogP contribution is -2.57. The van der Waals surface area contributed by atoms with Crippen molar-refractivity contribution in [3.05, 3.63) is 47.5 Å². The van der Waals surface area contributed by atoms with Gasteiger partial charge in [0.2, 0.25) is 22.8 Å². The smallest absolute Gasteiger partial charge is 0.219 e.